The molecule has 1 saturated carbocycles. The summed E-state index contributed by atoms with van der Waals surface area (Å²) in [4.78, 5) is 33.6. The van der Waals surface area contributed by atoms with Crippen molar-refractivity contribution >= 4 is 11.8 Å². The van der Waals surface area contributed by atoms with Crippen molar-refractivity contribution in [2.45, 2.75) is 63.6 Å². The van der Waals surface area contributed by atoms with Crippen LogP contribution in [0.2, 0.25) is 0 Å². The van der Waals surface area contributed by atoms with Gasteiger partial charge in [-0.05, 0) is 43.9 Å². The average Bonchev–Trinajstić information content (AvgIpc) is 3.14. The number of aryl methyl sites for hydroxylation is 2. The second-order valence-electron chi connectivity index (χ2n) is 9.37. The molecule has 3 aliphatic rings. The quantitative estimate of drug-likeness (QED) is 0.716. The molecule has 0 spiro atoms. The summed E-state index contributed by atoms with van der Waals surface area (Å²) in [5, 5.41) is 6.65. The van der Waals surface area contributed by atoms with E-state index in [9.17, 15) is 9.59 Å². The van der Waals surface area contributed by atoms with Crippen molar-refractivity contribution in [2.24, 2.45) is 0 Å². The van der Waals surface area contributed by atoms with Gasteiger partial charge in [0.15, 0.2) is 0 Å². The minimum atomic E-state index is -0.489. The molecule has 1 fully saturated rings. The number of hydrogen-bond acceptors (Lipinski definition) is 5. The van der Waals surface area contributed by atoms with E-state index in [1.807, 2.05) is 48.2 Å². The third kappa shape index (κ3) is 4.04. The van der Waals surface area contributed by atoms with E-state index in [-0.39, 0.29) is 23.9 Å². The number of amides is 2. The molecule has 0 saturated heterocycles. The summed E-state index contributed by atoms with van der Waals surface area (Å²) in [7, 11) is 1.64. The van der Waals surface area contributed by atoms with Crippen LogP contribution in [0.25, 0.3) is 0 Å². The van der Waals surface area contributed by atoms with Gasteiger partial charge in [-0.3, -0.25) is 14.6 Å². The molecule has 5 rings (SSSR count). The molecule has 1 aromatic heterocycles. The fraction of sp³-hybridized carbons (Fsp3) is 0.444. The first-order valence-corrected chi connectivity index (χ1v) is 12.2. The second kappa shape index (κ2) is 9.49. The summed E-state index contributed by atoms with van der Waals surface area (Å²) >= 11 is 0. The number of nitrogens with zero attached hydrogens (tertiary/aromatic N) is 2. The molecule has 1 aromatic carbocycles. The van der Waals surface area contributed by atoms with Gasteiger partial charge in [0.1, 0.15) is 5.75 Å². The third-order valence-electron chi connectivity index (χ3n) is 7.44. The van der Waals surface area contributed by atoms with Crippen LogP contribution in [0, 0.1) is 6.92 Å². The van der Waals surface area contributed by atoms with E-state index >= 15 is 0 Å². The Morgan fingerprint density at radius 2 is 2.00 bits per heavy atom. The Hall–Kier alpha value is -3.35. The van der Waals surface area contributed by atoms with E-state index in [0.717, 1.165) is 48.2 Å². The summed E-state index contributed by atoms with van der Waals surface area (Å²) in [6.45, 7) is 2.45. The molecule has 0 bridgehead atoms. The lowest BCUT2D eigenvalue weighted by atomic mass is 9.86. The monoisotopic (exact) mass is 460 g/mol. The van der Waals surface area contributed by atoms with Gasteiger partial charge in [-0.1, -0.05) is 37.1 Å². The zero-order chi connectivity index (χ0) is 23.7. The number of carbonyl (C=O) groups excluding carboxylic acids is 2. The van der Waals surface area contributed by atoms with Crippen molar-refractivity contribution in [1.82, 2.24) is 20.5 Å². The molecule has 7 heteroatoms. The number of carbonyl (C=O) groups is 2. The van der Waals surface area contributed by atoms with Gasteiger partial charge < -0.3 is 20.3 Å². The minimum absolute atomic E-state index is 0.0181. The average molecular weight is 461 g/mol. The van der Waals surface area contributed by atoms with Crippen LogP contribution in [0.1, 0.15) is 55.0 Å². The maximum atomic E-state index is 14.1. The highest BCUT2D eigenvalue weighted by molar-refractivity contribution is 5.99. The van der Waals surface area contributed by atoms with Crippen molar-refractivity contribution in [2.75, 3.05) is 13.7 Å². The fourth-order valence-corrected chi connectivity index (χ4v) is 5.76. The first kappa shape index (κ1) is 22.4. The Balaban J connectivity index is 1.59. The van der Waals surface area contributed by atoms with Crippen LogP contribution >= 0.6 is 0 Å². The van der Waals surface area contributed by atoms with Crippen LogP contribution < -0.4 is 15.4 Å². The maximum Gasteiger partial charge on any atom is 0.251 e. The number of ether oxygens (including phenoxy) is 1. The van der Waals surface area contributed by atoms with Gasteiger partial charge in [0.25, 0.3) is 5.91 Å². The Bertz CT molecular complexity index is 1130. The van der Waals surface area contributed by atoms with Gasteiger partial charge in [-0.15, -0.1) is 0 Å². The molecule has 178 valence electrons. The number of benzene rings is 1. The van der Waals surface area contributed by atoms with Gasteiger partial charge in [0.05, 0.1) is 31.3 Å². The zero-order valence-corrected chi connectivity index (χ0v) is 19.8. The Labute approximate surface area is 200 Å². The summed E-state index contributed by atoms with van der Waals surface area (Å²) in [5.74, 6) is 0.637. The molecule has 3 atom stereocenters. The summed E-state index contributed by atoms with van der Waals surface area (Å²) in [6.07, 6.45) is 6.86. The number of nitrogens with one attached hydrogen (secondary N) is 2. The van der Waals surface area contributed by atoms with Crippen LogP contribution in [-0.4, -0.2) is 47.4 Å². The van der Waals surface area contributed by atoms with Gasteiger partial charge in [-0.2, -0.15) is 0 Å². The van der Waals surface area contributed by atoms with E-state index in [1.165, 1.54) is 0 Å². The van der Waals surface area contributed by atoms with Crippen molar-refractivity contribution in [3.8, 4) is 5.75 Å². The van der Waals surface area contributed by atoms with Crippen LogP contribution in [0.5, 0.6) is 5.75 Å². The molecule has 2 N–H and O–H groups in total. The summed E-state index contributed by atoms with van der Waals surface area (Å²) in [6, 6.07) is 11.4. The first-order valence-electron chi connectivity index (χ1n) is 12.2. The van der Waals surface area contributed by atoms with Crippen LogP contribution in [0.3, 0.4) is 0 Å². The van der Waals surface area contributed by atoms with Crippen LogP contribution in [-0.2, 0) is 16.0 Å². The SMILES string of the molecule is COc1ccccc1[C@@H]1C2=C(CNC2=O)N[C@@H]2CCCC[C@H]2N1C(=O)CCc1cccnc1C. The smallest absolute Gasteiger partial charge is 0.251 e. The van der Waals surface area contributed by atoms with E-state index < -0.39 is 6.04 Å². The molecule has 2 aromatic rings. The van der Waals surface area contributed by atoms with Crippen molar-refractivity contribution in [3.63, 3.8) is 0 Å². The van der Waals surface area contributed by atoms with Crippen molar-refractivity contribution < 1.29 is 14.3 Å². The van der Waals surface area contributed by atoms with Gasteiger partial charge in [-0.25, -0.2) is 0 Å². The largest absolute Gasteiger partial charge is 0.496 e. The van der Waals surface area contributed by atoms with Gasteiger partial charge >= 0.3 is 0 Å². The standard InChI is InChI=1S/C27H32N4O3/c1-17-18(8-7-15-28-17)13-14-24(32)31-22-11-5-4-10-20(22)30-21-16-29-27(33)25(21)26(31)19-9-3-6-12-23(19)34-2/h3,6-9,12,15,20,22,26,30H,4-5,10-11,13-14,16H2,1-2H3,(H,29,33)/t20-,22-,26-/m1/s1. The lowest BCUT2D eigenvalue weighted by molar-refractivity contribution is -0.137. The van der Waals surface area contributed by atoms with Crippen molar-refractivity contribution in [1.29, 1.82) is 0 Å². The predicted octanol–water partition coefficient (Wildman–Crippen LogP) is 3.20. The second-order valence-corrected chi connectivity index (χ2v) is 9.37. The molecular weight excluding hydrogens is 428 g/mol. The highest BCUT2D eigenvalue weighted by atomic mass is 16.5. The van der Waals surface area contributed by atoms with E-state index in [4.69, 9.17) is 4.74 Å². The number of rotatable bonds is 5. The molecule has 2 amide bonds. The van der Waals surface area contributed by atoms with E-state index in [1.54, 1.807) is 13.3 Å². The van der Waals surface area contributed by atoms with Crippen LogP contribution in [0.4, 0.5) is 0 Å². The number of aromatic nitrogens is 1. The molecular formula is C27H32N4O3. The van der Waals surface area contributed by atoms with Gasteiger partial charge in [0.2, 0.25) is 5.91 Å². The molecule has 7 nitrogen and oxygen atoms in total. The zero-order valence-electron chi connectivity index (χ0n) is 19.8. The van der Waals surface area contributed by atoms with E-state index in [2.05, 4.69) is 15.6 Å². The fourth-order valence-electron chi connectivity index (χ4n) is 5.76. The number of pyridine rings is 1. The van der Waals surface area contributed by atoms with Crippen LogP contribution in [0.15, 0.2) is 53.9 Å². The maximum absolute atomic E-state index is 14.1. The topological polar surface area (TPSA) is 83.6 Å². The highest BCUT2D eigenvalue weighted by Gasteiger charge is 2.46. The summed E-state index contributed by atoms with van der Waals surface area (Å²) < 4.78 is 5.71. The lowest BCUT2D eigenvalue weighted by Crippen LogP contribution is -2.53. The van der Waals surface area contributed by atoms with Gasteiger partial charge in [0, 0.05) is 35.6 Å². The normalized spacial score (nSPS) is 24.0. The minimum Gasteiger partial charge on any atom is -0.496 e. The van der Waals surface area contributed by atoms with E-state index in [0.29, 0.717) is 30.7 Å². The molecule has 2 aliphatic heterocycles. The molecule has 34 heavy (non-hydrogen) atoms. The summed E-state index contributed by atoms with van der Waals surface area (Å²) in [5.41, 5.74) is 4.44. The number of hydrogen-bond donors (Lipinski definition) is 2. The molecule has 0 unspecified atom stereocenters. The Morgan fingerprint density at radius 1 is 1.18 bits per heavy atom. The molecule has 3 heterocycles. The van der Waals surface area contributed by atoms with Crippen molar-refractivity contribution in [3.05, 3.63) is 70.7 Å². The lowest BCUT2D eigenvalue weighted by Gasteiger charge is -2.43. The number of para-hydroxylation sites is 1. The third-order valence-corrected chi connectivity index (χ3v) is 7.44. The highest BCUT2D eigenvalue weighted by Crippen LogP contribution is 2.43. The predicted molar refractivity (Wildman–Crippen MR) is 129 cm³/mol. The Morgan fingerprint density at radius 3 is 2.82 bits per heavy atom. The Kier molecular flexibility index (Phi) is 6.26. The molecule has 1 aliphatic carbocycles. The molecule has 0 radical (unpaired) electrons. The number of methoxy groups -OCH3 is 1. The number of fused-ring (bicyclic) bond motifs is 1. The first-order chi connectivity index (χ1) is 16.6.